The molecule has 116 valence electrons. The average Bonchev–Trinajstić information content (AvgIpc) is 2.96. The van der Waals surface area contributed by atoms with Gasteiger partial charge in [0.15, 0.2) is 6.61 Å². The predicted octanol–water partition coefficient (Wildman–Crippen LogP) is 2.84. The van der Waals surface area contributed by atoms with E-state index < -0.39 is 18.4 Å². The van der Waals surface area contributed by atoms with Crippen LogP contribution in [0.15, 0.2) is 46.6 Å². The van der Waals surface area contributed by atoms with Crippen molar-refractivity contribution in [2.45, 2.75) is 6.92 Å². The van der Waals surface area contributed by atoms with E-state index in [4.69, 9.17) is 14.3 Å². The molecular formula is C17H13NO5. The standard InChI is InChI=1S/C17H13NO5/c1-11-14(6-7-22-11)17(21)13(9-18)8-12-4-2-3-5-15(12)23-10-16(19)20/h2-8H,10H2,1H3,(H,19,20). The van der Waals surface area contributed by atoms with Gasteiger partial charge in [-0.3, -0.25) is 4.79 Å². The number of carbonyl (C=O) groups is 2. The Labute approximate surface area is 132 Å². The number of ketones is 1. The number of para-hydroxylation sites is 1. The molecule has 0 saturated heterocycles. The van der Waals surface area contributed by atoms with Crippen LogP contribution in [-0.4, -0.2) is 23.5 Å². The van der Waals surface area contributed by atoms with E-state index in [1.807, 2.05) is 6.07 Å². The van der Waals surface area contributed by atoms with Gasteiger partial charge >= 0.3 is 5.97 Å². The van der Waals surface area contributed by atoms with Crippen LogP contribution >= 0.6 is 0 Å². The second-order valence-electron chi connectivity index (χ2n) is 4.61. The smallest absolute Gasteiger partial charge is 0.341 e. The number of benzene rings is 1. The van der Waals surface area contributed by atoms with E-state index in [9.17, 15) is 14.9 Å². The molecule has 0 unspecified atom stereocenters. The van der Waals surface area contributed by atoms with Gasteiger partial charge in [-0.1, -0.05) is 18.2 Å². The number of carboxylic acid groups (broad SMARTS) is 1. The van der Waals surface area contributed by atoms with Gasteiger partial charge in [-0.05, 0) is 25.1 Å². The lowest BCUT2D eigenvalue weighted by Crippen LogP contribution is -2.10. The molecule has 0 aliphatic rings. The number of Topliss-reactive ketones (excluding diaryl/α,β-unsaturated/α-hetero) is 1. The van der Waals surface area contributed by atoms with Gasteiger partial charge in [0, 0.05) is 5.56 Å². The first-order valence-electron chi connectivity index (χ1n) is 6.67. The summed E-state index contributed by atoms with van der Waals surface area (Å²) in [5.41, 5.74) is 0.655. The van der Waals surface area contributed by atoms with Crippen molar-refractivity contribution in [2.24, 2.45) is 0 Å². The number of hydrogen-bond acceptors (Lipinski definition) is 5. The summed E-state index contributed by atoms with van der Waals surface area (Å²) in [7, 11) is 0. The molecule has 0 bridgehead atoms. The topological polar surface area (TPSA) is 101 Å². The van der Waals surface area contributed by atoms with E-state index in [0.29, 0.717) is 16.9 Å². The molecule has 6 heteroatoms. The van der Waals surface area contributed by atoms with Crippen molar-refractivity contribution in [3.8, 4) is 11.8 Å². The molecule has 0 atom stereocenters. The molecule has 1 N–H and O–H groups in total. The van der Waals surface area contributed by atoms with Gasteiger partial charge in [0.1, 0.15) is 23.2 Å². The van der Waals surface area contributed by atoms with E-state index in [0.717, 1.165) is 0 Å². The number of hydrogen-bond donors (Lipinski definition) is 1. The zero-order valence-electron chi connectivity index (χ0n) is 12.3. The Morgan fingerprint density at radius 1 is 1.35 bits per heavy atom. The number of allylic oxidation sites excluding steroid dienone is 1. The van der Waals surface area contributed by atoms with Crippen LogP contribution in [0.2, 0.25) is 0 Å². The number of ether oxygens (including phenoxy) is 1. The van der Waals surface area contributed by atoms with E-state index in [1.165, 1.54) is 18.4 Å². The Hall–Kier alpha value is -3.33. The van der Waals surface area contributed by atoms with Crippen molar-refractivity contribution in [3.05, 3.63) is 59.1 Å². The number of rotatable bonds is 6. The second-order valence-corrected chi connectivity index (χ2v) is 4.61. The molecule has 0 spiro atoms. The van der Waals surface area contributed by atoms with Crippen LogP contribution in [0, 0.1) is 18.3 Å². The summed E-state index contributed by atoms with van der Waals surface area (Å²) in [4.78, 5) is 23.0. The molecule has 0 saturated carbocycles. The fourth-order valence-corrected chi connectivity index (χ4v) is 1.94. The first kappa shape index (κ1) is 16.0. The molecule has 23 heavy (non-hydrogen) atoms. The molecule has 2 aromatic rings. The van der Waals surface area contributed by atoms with Gasteiger partial charge in [-0.15, -0.1) is 0 Å². The summed E-state index contributed by atoms with van der Waals surface area (Å²) in [5.74, 6) is -0.882. The molecule has 0 aliphatic heterocycles. The van der Waals surface area contributed by atoms with Crippen LogP contribution in [-0.2, 0) is 4.79 Å². The number of aryl methyl sites for hydroxylation is 1. The number of carbonyl (C=O) groups excluding carboxylic acids is 1. The van der Waals surface area contributed by atoms with Gasteiger partial charge in [0.05, 0.1) is 11.8 Å². The largest absolute Gasteiger partial charge is 0.481 e. The Balaban J connectivity index is 2.35. The average molecular weight is 311 g/mol. The van der Waals surface area contributed by atoms with Crippen LogP contribution in [0.25, 0.3) is 6.08 Å². The summed E-state index contributed by atoms with van der Waals surface area (Å²) in [6.45, 7) is 1.12. The molecule has 2 rings (SSSR count). The van der Waals surface area contributed by atoms with Crippen LogP contribution in [0.5, 0.6) is 5.75 Å². The third-order valence-electron chi connectivity index (χ3n) is 3.04. The Morgan fingerprint density at radius 3 is 2.70 bits per heavy atom. The lowest BCUT2D eigenvalue weighted by Gasteiger charge is -2.07. The van der Waals surface area contributed by atoms with Gasteiger partial charge in [0.25, 0.3) is 0 Å². The van der Waals surface area contributed by atoms with E-state index >= 15 is 0 Å². The lowest BCUT2D eigenvalue weighted by molar-refractivity contribution is -0.139. The van der Waals surface area contributed by atoms with Crippen molar-refractivity contribution in [1.29, 1.82) is 5.26 Å². The van der Waals surface area contributed by atoms with Gasteiger partial charge < -0.3 is 14.3 Å². The van der Waals surface area contributed by atoms with E-state index in [-0.39, 0.29) is 11.3 Å². The zero-order valence-corrected chi connectivity index (χ0v) is 12.3. The maximum atomic E-state index is 12.4. The number of aliphatic carboxylic acids is 1. The van der Waals surface area contributed by atoms with Gasteiger partial charge in [-0.25, -0.2) is 4.79 Å². The molecule has 0 amide bonds. The highest BCUT2D eigenvalue weighted by Crippen LogP contribution is 2.23. The van der Waals surface area contributed by atoms with E-state index in [2.05, 4.69) is 0 Å². The van der Waals surface area contributed by atoms with Crippen molar-refractivity contribution >= 4 is 17.8 Å². The Morgan fingerprint density at radius 2 is 2.09 bits per heavy atom. The fourth-order valence-electron chi connectivity index (χ4n) is 1.94. The van der Waals surface area contributed by atoms with Crippen LogP contribution in [0.4, 0.5) is 0 Å². The summed E-state index contributed by atoms with van der Waals surface area (Å²) < 4.78 is 10.2. The van der Waals surface area contributed by atoms with E-state index in [1.54, 1.807) is 31.2 Å². The van der Waals surface area contributed by atoms with Crippen LogP contribution < -0.4 is 4.74 Å². The quantitative estimate of drug-likeness (QED) is 0.500. The summed E-state index contributed by atoms with van der Waals surface area (Å²) in [5, 5.41) is 17.9. The molecule has 1 heterocycles. The van der Waals surface area contributed by atoms with Crippen molar-refractivity contribution < 1.29 is 23.8 Å². The van der Waals surface area contributed by atoms with Crippen LogP contribution in [0.1, 0.15) is 21.7 Å². The normalized spacial score (nSPS) is 10.9. The minimum absolute atomic E-state index is 0.0964. The molecule has 0 fully saturated rings. The highest BCUT2D eigenvalue weighted by molar-refractivity contribution is 6.14. The summed E-state index contributed by atoms with van der Waals surface area (Å²) in [6.07, 6.45) is 2.74. The minimum atomic E-state index is -1.12. The summed E-state index contributed by atoms with van der Waals surface area (Å²) in [6, 6.07) is 9.91. The summed E-state index contributed by atoms with van der Waals surface area (Å²) >= 11 is 0. The Kier molecular flexibility index (Phi) is 4.95. The first-order valence-corrected chi connectivity index (χ1v) is 6.67. The number of carboxylic acids is 1. The van der Waals surface area contributed by atoms with Crippen molar-refractivity contribution in [1.82, 2.24) is 0 Å². The fraction of sp³-hybridized carbons (Fsp3) is 0.118. The van der Waals surface area contributed by atoms with Gasteiger partial charge in [-0.2, -0.15) is 5.26 Å². The maximum Gasteiger partial charge on any atom is 0.341 e. The predicted molar refractivity (Wildman–Crippen MR) is 80.9 cm³/mol. The first-order chi connectivity index (χ1) is 11.0. The highest BCUT2D eigenvalue weighted by atomic mass is 16.5. The third kappa shape index (κ3) is 3.86. The monoisotopic (exact) mass is 311 g/mol. The highest BCUT2D eigenvalue weighted by Gasteiger charge is 2.17. The maximum absolute atomic E-state index is 12.4. The minimum Gasteiger partial charge on any atom is -0.481 e. The third-order valence-corrected chi connectivity index (χ3v) is 3.04. The number of nitriles is 1. The van der Waals surface area contributed by atoms with Crippen molar-refractivity contribution in [2.75, 3.05) is 6.61 Å². The second kappa shape index (κ2) is 7.09. The molecule has 1 aromatic heterocycles. The number of nitrogens with zero attached hydrogens (tertiary/aromatic N) is 1. The number of furan rings is 1. The molecule has 0 aliphatic carbocycles. The molecule has 0 radical (unpaired) electrons. The van der Waals surface area contributed by atoms with Gasteiger partial charge in [0.2, 0.25) is 5.78 Å². The molecule has 1 aromatic carbocycles. The zero-order chi connectivity index (χ0) is 16.8. The van der Waals surface area contributed by atoms with Crippen molar-refractivity contribution in [3.63, 3.8) is 0 Å². The Bertz CT molecular complexity index is 810. The lowest BCUT2D eigenvalue weighted by atomic mass is 10.0. The molecule has 6 nitrogen and oxygen atoms in total. The van der Waals surface area contributed by atoms with Crippen LogP contribution in [0.3, 0.4) is 0 Å². The SMILES string of the molecule is Cc1occc1C(=O)C(C#N)=Cc1ccccc1OCC(=O)O. The molecular weight excluding hydrogens is 298 g/mol.